The number of rotatable bonds is 3. The number of carboxylic acids is 1. The maximum Gasteiger partial charge on any atom is 0.340 e. The van der Waals surface area contributed by atoms with Gasteiger partial charge in [0.25, 0.3) is 0 Å². The van der Waals surface area contributed by atoms with Gasteiger partial charge in [-0.3, -0.25) is 0 Å². The molecule has 0 aromatic carbocycles. The third-order valence-electron chi connectivity index (χ3n) is 2.87. The van der Waals surface area contributed by atoms with Crippen LogP contribution in [0.4, 0.5) is 5.95 Å². The number of nitrogens with zero attached hydrogens (tertiary/aromatic N) is 3. The molecule has 5 nitrogen and oxygen atoms in total. The van der Waals surface area contributed by atoms with Crippen LogP contribution in [0.15, 0.2) is 0 Å². The van der Waals surface area contributed by atoms with Crippen molar-refractivity contribution < 1.29 is 9.90 Å². The highest BCUT2D eigenvalue weighted by Gasteiger charge is 2.22. The molecule has 17 heavy (non-hydrogen) atoms. The molecule has 0 bridgehead atoms. The molecule has 1 fully saturated rings. The summed E-state index contributed by atoms with van der Waals surface area (Å²) in [6.07, 6.45) is 2.76. The molecule has 0 aliphatic carbocycles. The van der Waals surface area contributed by atoms with Crippen LogP contribution in [0.3, 0.4) is 0 Å². The SMILES string of the molecule is CCc1nc(N2CCCC2)nc(Cl)c1C(=O)O. The summed E-state index contributed by atoms with van der Waals surface area (Å²) in [5.74, 6) is -0.519. The van der Waals surface area contributed by atoms with Gasteiger partial charge in [-0.25, -0.2) is 14.8 Å². The first-order valence-corrected chi connectivity index (χ1v) is 6.06. The second kappa shape index (κ2) is 4.87. The molecule has 2 heterocycles. The average molecular weight is 256 g/mol. The van der Waals surface area contributed by atoms with Crippen LogP contribution < -0.4 is 4.90 Å². The number of aromatic carboxylic acids is 1. The highest BCUT2D eigenvalue weighted by Crippen LogP contribution is 2.23. The average Bonchev–Trinajstić information content (AvgIpc) is 2.80. The van der Waals surface area contributed by atoms with E-state index in [-0.39, 0.29) is 10.7 Å². The van der Waals surface area contributed by atoms with E-state index in [4.69, 9.17) is 16.7 Å². The van der Waals surface area contributed by atoms with Gasteiger partial charge in [0.15, 0.2) is 0 Å². The molecule has 92 valence electrons. The third kappa shape index (κ3) is 2.34. The lowest BCUT2D eigenvalue weighted by Gasteiger charge is -2.17. The summed E-state index contributed by atoms with van der Waals surface area (Å²) >= 11 is 5.93. The summed E-state index contributed by atoms with van der Waals surface area (Å²) in [5, 5.41) is 9.09. The quantitative estimate of drug-likeness (QED) is 0.837. The fourth-order valence-electron chi connectivity index (χ4n) is 1.99. The summed E-state index contributed by atoms with van der Waals surface area (Å²) in [5.41, 5.74) is 0.525. The van der Waals surface area contributed by atoms with Gasteiger partial charge in [-0.15, -0.1) is 0 Å². The van der Waals surface area contributed by atoms with E-state index in [0.717, 1.165) is 25.9 Å². The maximum absolute atomic E-state index is 11.1. The molecule has 0 radical (unpaired) electrons. The van der Waals surface area contributed by atoms with E-state index < -0.39 is 5.97 Å². The van der Waals surface area contributed by atoms with E-state index in [1.165, 1.54) is 0 Å². The van der Waals surface area contributed by atoms with Crippen LogP contribution in [0.25, 0.3) is 0 Å². The molecule has 1 aromatic rings. The van der Waals surface area contributed by atoms with Gasteiger partial charge in [0, 0.05) is 13.1 Å². The van der Waals surface area contributed by atoms with E-state index in [0.29, 0.717) is 18.1 Å². The predicted molar refractivity (Wildman–Crippen MR) is 64.8 cm³/mol. The van der Waals surface area contributed by atoms with Gasteiger partial charge in [0.05, 0.1) is 5.69 Å². The Hall–Kier alpha value is -1.36. The first-order valence-electron chi connectivity index (χ1n) is 5.68. The molecule has 1 saturated heterocycles. The maximum atomic E-state index is 11.1. The van der Waals surface area contributed by atoms with Crippen molar-refractivity contribution in [3.8, 4) is 0 Å². The van der Waals surface area contributed by atoms with Crippen LogP contribution in [0.2, 0.25) is 5.15 Å². The summed E-state index contributed by atoms with van der Waals surface area (Å²) < 4.78 is 0. The monoisotopic (exact) mass is 255 g/mol. The zero-order chi connectivity index (χ0) is 12.4. The van der Waals surface area contributed by atoms with Crippen molar-refractivity contribution in [1.82, 2.24) is 9.97 Å². The van der Waals surface area contributed by atoms with Gasteiger partial charge in [0.1, 0.15) is 10.7 Å². The molecule has 0 spiro atoms. The number of carbonyl (C=O) groups is 1. The number of aryl methyl sites for hydroxylation is 1. The molecule has 1 aromatic heterocycles. The summed E-state index contributed by atoms with van der Waals surface area (Å²) in [4.78, 5) is 21.5. The van der Waals surface area contributed by atoms with Gasteiger partial charge in [-0.05, 0) is 19.3 Å². The number of aromatic nitrogens is 2. The Morgan fingerprint density at radius 3 is 2.59 bits per heavy atom. The summed E-state index contributed by atoms with van der Waals surface area (Å²) in [6, 6.07) is 0. The Bertz CT molecular complexity index is 445. The van der Waals surface area contributed by atoms with Crippen molar-refractivity contribution in [3.05, 3.63) is 16.4 Å². The van der Waals surface area contributed by atoms with Gasteiger partial charge in [-0.1, -0.05) is 18.5 Å². The van der Waals surface area contributed by atoms with Crippen LogP contribution in [0.5, 0.6) is 0 Å². The van der Waals surface area contributed by atoms with Crippen molar-refractivity contribution in [3.63, 3.8) is 0 Å². The number of anilines is 1. The zero-order valence-corrected chi connectivity index (χ0v) is 10.4. The lowest BCUT2D eigenvalue weighted by atomic mass is 10.2. The molecule has 0 atom stereocenters. The Balaban J connectivity index is 2.43. The molecule has 0 amide bonds. The Labute approximate surface area is 104 Å². The zero-order valence-electron chi connectivity index (χ0n) is 9.61. The Morgan fingerprint density at radius 1 is 1.41 bits per heavy atom. The normalized spacial score (nSPS) is 15.3. The second-order valence-electron chi connectivity index (χ2n) is 3.99. The predicted octanol–water partition coefficient (Wildman–Crippen LogP) is 1.99. The molecular formula is C11H14ClN3O2. The van der Waals surface area contributed by atoms with Crippen molar-refractivity contribution in [2.75, 3.05) is 18.0 Å². The minimum atomic E-state index is -1.07. The number of halogens is 1. The smallest absolute Gasteiger partial charge is 0.340 e. The van der Waals surface area contributed by atoms with E-state index in [2.05, 4.69) is 9.97 Å². The fraction of sp³-hybridized carbons (Fsp3) is 0.545. The number of hydrogen-bond acceptors (Lipinski definition) is 4. The molecule has 1 N–H and O–H groups in total. The van der Waals surface area contributed by atoms with Crippen LogP contribution in [-0.2, 0) is 6.42 Å². The number of hydrogen-bond donors (Lipinski definition) is 1. The third-order valence-corrected chi connectivity index (χ3v) is 3.14. The molecule has 0 saturated carbocycles. The van der Waals surface area contributed by atoms with Gasteiger partial charge >= 0.3 is 5.97 Å². The minimum Gasteiger partial charge on any atom is -0.478 e. The van der Waals surface area contributed by atoms with E-state index in [1.807, 2.05) is 11.8 Å². The van der Waals surface area contributed by atoms with E-state index in [9.17, 15) is 4.79 Å². The van der Waals surface area contributed by atoms with Crippen molar-refractivity contribution in [1.29, 1.82) is 0 Å². The molecule has 1 aliphatic rings. The van der Waals surface area contributed by atoms with Crippen LogP contribution in [0.1, 0.15) is 35.8 Å². The van der Waals surface area contributed by atoms with Gasteiger partial charge < -0.3 is 10.0 Å². The van der Waals surface area contributed by atoms with Crippen LogP contribution in [-0.4, -0.2) is 34.1 Å². The lowest BCUT2D eigenvalue weighted by molar-refractivity contribution is 0.0695. The molecular weight excluding hydrogens is 242 g/mol. The lowest BCUT2D eigenvalue weighted by Crippen LogP contribution is -2.22. The highest BCUT2D eigenvalue weighted by atomic mass is 35.5. The van der Waals surface area contributed by atoms with E-state index in [1.54, 1.807) is 0 Å². The fourth-order valence-corrected chi connectivity index (χ4v) is 2.26. The standard InChI is InChI=1S/C11H14ClN3O2/c1-2-7-8(10(16)17)9(12)14-11(13-7)15-5-3-4-6-15/h2-6H2,1H3,(H,16,17). The molecule has 6 heteroatoms. The minimum absolute atomic E-state index is 0.0251. The van der Waals surface area contributed by atoms with Crippen LogP contribution in [0, 0.1) is 0 Å². The highest BCUT2D eigenvalue weighted by molar-refractivity contribution is 6.32. The van der Waals surface area contributed by atoms with Crippen molar-refractivity contribution in [2.45, 2.75) is 26.2 Å². The molecule has 1 aliphatic heterocycles. The molecule has 2 rings (SSSR count). The van der Waals surface area contributed by atoms with Gasteiger partial charge in [0.2, 0.25) is 5.95 Å². The second-order valence-corrected chi connectivity index (χ2v) is 4.35. The topological polar surface area (TPSA) is 66.3 Å². The molecule has 0 unspecified atom stereocenters. The largest absolute Gasteiger partial charge is 0.478 e. The Kier molecular flexibility index (Phi) is 3.47. The van der Waals surface area contributed by atoms with Crippen molar-refractivity contribution >= 4 is 23.5 Å². The van der Waals surface area contributed by atoms with Crippen LogP contribution >= 0.6 is 11.6 Å². The van der Waals surface area contributed by atoms with Crippen molar-refractivity contribution in [2.24, 2.45) is 0 Å². The first-order chi connectivity index (χ1) is 8.13. The van der Waals surface area contributed by atoms with E-state index >= 15 is 0 Å². The number of carboxylic acid groups (broad SMARTS) is 1. The Morgan fingerprint density at radius 2 is 2.06 bits per heavy atom. The first kappa shape index (κ1) is 12.1. The van der Waals surface area contributed by atoms with Gasteiger partial charge in [-0.2, -0.15) is 0 Å². The summed E-state index contributed by atoms with van der Waals surface area (Å²) in [7, 11) is 0. The summed E-state index contributed by atoms with van der Waals surface area (Å²) in [6.45, 7) is 3.68.